The zero-order valence-corrected chi connectivity index (χ0v) is 10.6. The Hall–Kier alpha value is -0.610. The Morgan fingerprint density at radius 1 is 1.50 bits per heavy atom. The van der Waals surface area contributed by atoms with Gasteiger partial charge in [0.2, 0.25) is 5.91 Å². The van der Waals surface area contributed by atoms with Gasteiger partial charge in [0.1, 0.15) is 0 Å². The highest BCUT2D eigenvalue weighted by atomic mass is 16.5. The second-order valence-electron chi connectivity index (χ2n) is 4.91. The molecular weight excluding hydrogens is 204 g/mol. The predicted octanol–water partition coefficient (Wildman–Crippen LogP) is 0.855. The van der Waals surface area contributed by atoms with E-state index in [9.17, 15) is 4.79 Å². The fourth-order valence-electron chi connectivity index (χ4n) is 2.43. The van der Waals surface area contributed by atoms with E-state index in [1.165, 1.54) is 0 Å². The van der Waals surface area contributed by atoms with Crippen LogP contribution in [0.4, 0.5) is 0 Å². The molecule has 16 heavy (non-hydrogen) atoms. The second-order valence-corrected chi connectivity index (χ2v) is 4.91. The smallest absolute Gasteiger partial charge is 0.225 e. The minimum atomic E-state index is 0.154. The maximum Gasteiger partial charge on any atom is 0.225 e. The summed E-state index contributed by atoms with van der Waals surface area (Å²) in [5.41, 5.74) is 5.90. The summed E-state index contributed by atoms with van der Waals surface area (Å²) in [7, 11) is 3.50. The Labute approximate surface area is 98.1 Å². The van der Waals surface area contributed by atoms with Crippen LogP contribution in [-0.4, -0.2) is 44.2 Å². The molecule has 0 bridgehead atoms. The number of carbonyl (C=O) groups excluding carboxylic acids is 1. The van der Waals surface area contributed by atoms with E-state index >= 15 is 0 Å². The molecule has 1 amide bonds. The lowest BCUT2D eigenvalue weighted by Crippen LogP contribution is -2.42. The third-order valence-electron chi connectivity index (χ3n) is 3.53. The molecule has 2 N–H and O–H groups in total. The molecule has 1 saturated carbocycles. The Bertz CT molecular complexity index is 233. The topological polar surface area (TPSA) is 55.6 Å². The predicted molar refractivity (Wildman–Crippen MR) is 64.0 cm³/mol. The zero-order chi connectivity index (χ0) is 12.1. The second kappa shape index (κ2) is 6.21. The Balaban J connectivity index is 2.46. The number of carbonyl (C=O) groups is 1. The molecule has 0 aromatic heterocycles. The SMILES string of the molecule is COCCN(C)C(=O)C1CCC(N)CC1C. The first-order valence-electron chi connectivity index (χ1n) is 6.05. The third-order valence-corrected chi connectivity index (χ3v) is 3.53. The summed E-state index contributed by atoms with van der Waals surface area (Å²) in [6.45, 7) is 3.40. The number of amides is 1. The van der Waals surface area contributed by atoms with Gasteiger partial charge in [-0.25, -0.2) is 0 Å². The monoisotopic (exact) mass is 228 g/mol. The lowest BCUT2D eigenvalue weighted by molar-refractivity contribution is -0.137. The van der Waals surface area contributed by atoms with Gasteiger partial charge >= 0.3 is 0 Å². The summed E-state index contributed by atoms with van der Waals surface area (Å²) in [5.74, 6) is 0.805. The number of rotatable bonds is 4. The summed E-state index contributed by atoms with van der Waals surface area (Å²) in [6.07, 6.45) is 2.87. The number of nitrogens with zero attached hydrogens (tertiary/aromatic N) is 1. The van der Waals surface area contributed by atoms with E-state index in [2.05, 4.69) is 6.92 Å². The Kier molecular flexibility index (Phi) is 5.22. The summed E-state index contributed by atoms with van der Waals surface area (Å²) in [6, 6.07) is 0.281. The highest BCUT2D eigenvalue weighted by Gasteiger charge is 2.32. The molecule has 1 fully saturated rings. The van der Waals surface area contributed by atoms with Crippen LogP contribution in [0.1, 0.15) is 26.2 Å². The van der Waals surface area contributed by atoms with Crippen LogP contribution in [0.25, 0.3) is 0 Å². The van der Waals surface area contributed by atoms with Crippen molar-refractivity contribution in [1.29, 1.82) is 0 Å². The fourth-order valence-corrected chi connectivity index (χ4v) is 2.43. The Morgan fingerprint density at radius 3 is 2.75 bits per heavy atom. The average molecular weight is 228 g/mol. The van der Waals surface area contributed by atoms with Crippen LogP contribution >= 0.6 is 0 Å². The molecule has 0 spiro atoms. The van der Waals surface area contributed by atoms with E-state index in [0.717, 1.165) is 19.3 Å². The van der Waals surface area contributed by atoms with Crippen molar-refractivity contribution in [2.24, 2.45) is 17.6 Å². The zero-order valence-electron chi connectivity index (χ0n) is 10.6. The Morgan fingerprint density at radius 2 is 2.19 bits per heavy atom. The van der Waals surface area contributed by atoms with Crippen molar-refractivity contribution < 1.29 is 9.53 Å². The molecule has 3 unspecified atom stereocenters. The van der Waals surface area contributed by atoms with Crippen LogP contribution in [0.3, 0.4) is 0 Å². The van der Waals surface area contributed by atoms with E-state index in [4.69, 9.17) is 10.5 Å². The normalized spacial score (nSPS) is 30.1. The first-order valence-corrected chi connectivity index (χ1v) is 6.05. The fraction of sp³-hybridized carbons (Fsp3) is 0.917. The van der Waals surface area contributed by atoms with Crippen molar-refractivity contribution in [3.8, 4) is 0 Å². The molecule has 3 atom stereocenters. The van der Waals surface area contributed by atoms with Crippen molar-refractivity contribution in [2.75, 3.05) is 27.3 Å². The number of hydrogen-bond acceptors (Lipinski definition) is 3. The molecule has 0 saturated heterocycles. The summed E-state index contributed by atoms with van der Waals surface area (Å²) in [4.78, 5) is 13.9. The number of ether oxygens (including phenoxy) is 1. The van der Waals surface area contributed by atoms with E-state index in [0.29, 0.717) is 19.1 Å². The van der Waals surface area contributed by atoms with Crippen molar-refractivity contribution in [3.05, 3.63) is 0 Å². The molecule has 0 aromatic carbocycles. The van der Waals surface area contributed by atoms with Gasteiger partial charge in [0.05, 0.1) is 6.61 Å². The number of nitrogens with two attached hydrogens (primary N) is 1. The van der Waals surface area contributed by atoms with Crippen LogP contribution in [0.5, 0.6) is 0 Å². The first-order chi connectivity index (χ1) is 7.56. The van der Waals surface area contributed by atoms with Gasteiger partial charge in [0.15, 0.2) is 0 Å². The molecule has 1 rings (SSSR count). The van der Waals surface area contributed by atoms with Crippen LogP contribution in [-0.2, 0) is 9.53 Å². The van der Waals surface area contributed by atoms with Crippen LogP contribution < -0.4 is 5.73 Å². The third kappa shape index (κ3) is 3.46. The molecule has 1 aliphatic carbocycles. The lowest BCUT2D eigenvalue weighted by Gasteiger charge is -2.33. The standard InChI is InChI=1S/C12H24N2O2/c1-9-8-10(13)4-5-11(9)12(15)14(2)6-7-16-3/h9-11H,4-8,13H2,1-3H3. The molecule has 0 aromatic rings. The molecule has 4 heteroatoms. The van der Waals surface area contributed by atoms with Crippen molar-refractivity contribution in [2.45, 2.75) is 32.2 Å². The number of methoxy groups -OCH3 is 1. The van der Waals surface area contributed by atoms with Crippen molar-refractivity contribution in [1.82, 2.24) is 4.90 Å². The van der Waals surface area contributed by atoms with Crippen molar-refractivity contribution in [3.63, 3.8) is 0 Å². The van der Waals surface area contributed by atoms with Gasteiger partial charge in [-0.15, -0.1) is 0 Å². The lowest BCUT2D eigenvalue weighted by atomic mass is 9.77. The molecule has 0 radical (unpaired) electrons. The van der Waals surface area contributed by atoms with Crippen LogP contribution in [0.2, 0.25) is 0 Å². The maximum absolute atomic E-state index is 12.2. The molecule has 0 heterocycles. The summed E-state index contributed by atoms with van der Waals surface area (Å²) >= 11 is 0. The van der Waals surface area contributed by atoms with Crippen LogP contribution in [0.15, 0.2) is 0 Å². The summed E-state index contributed by atoms with van der Waals surface area (Å²) in [5, 5.41) is 0. The number of likely N-dealkylation sites (N-methyl/N-ethyl adjacent to an activating group) is 1. The molecule has 94 valence electrons. The molecule has 4 nitrogen and oxygen atoms in total. The van der Waals surface area contributed by atoms with E-state index in [1.54, 1.807) is 12.0 Å². The highest BCUT2D eigenvalue weighted by Crippen LogP contribution is 2.30. The van der Waals surface area contributed by atoms with E-state index < -0.39 is 0 Å². The van der Waals surface area contributed by atoms with E-state index in [-0.39, 0.29) is 17.9 Å². The first kappa shape index (κ1) is 13.5. The van der Waals surface area contributed by atoms with Gasteiger partial charge in [-0.1, -0.05) is 6.92 Å². The van der Waals surface area contributed by atoms with Crippen LogP contribution in [0, 0.1) is 11.8 Å². The van der Waals surface area contributed by atoms with Gasteiger partial charge in [0, 0.05) is 32.7 Å². The molecular formula is C12H24N2O2. The van der Waals surface area contributed by atoms with Gasteiger partial charge in [0.25, 0.3) is 0 Å². The molecule has 0 aliphatic heterocycles. The average Bonchev–Trinajstić information content (AvgIpc) is 2.25. The van der Waals surface area contributed by atoms with Gasteiger partial charge < -0.3 is 15.4 Å². The largest absolute Gasteiger partial charge is 0.383 e. The summed E-state index contributed by atoms with van der Waals surface area (Å²) < 4.78 is 4.98. The molecule has 1 aliphatic rings. The van der Waals surface area contributed by atoms with Crippen molar-refractivity contribution >= 4 is 5.91 Å². The van der Waals surface area contributed by atoms with E-state index in [1.807, 2.05) is 7.05 Å². The minimum Gasteiger partial charge on any atom is -0.383 e. The maximum atomic E-state index is 12.2. The minimum absolute atomic E-state index is 0.154. The van der Waals surface area contributed by atoms with Gasteiger partial charge in [-0.05, 0) is 25.2 Å². The number of hydrogen-bond donors (Lipinski definition) is 1. The van der Waals surface area contributed by atoms with Gasteiger partial charge in [-0.2, -0.15) is 0 Å². The quantitative estimate of drug-likeness (QED) is 0.776. The highest BCUT2D eigenvalue weighted by molar-refractivity contribution is 5.79. The van der Waals surface area contributed by atoms with Gasteiger partial charge in [-0.3, -0.25) is 4.79 Å².